The van der Waals surface area contributed by atoms with Crippen LogP contribution in [0.3, 0.4) is 0 Å². The van der Waals surface area contributed by atoms with E-state index in [1.165, 1.54) is 19.1 Å². The lowest BCUT2D eigenvalue weighted by molar-refractivity contribution is -0.141. The van der Waals surface area contributed by atoms with Gasteiger partial charge in [0.2, 0.25) is 5.88 Å². The van der Waals surface area contributed by atoms with Crippen LogP contribution in [0.2, 0.25) is 0 Å². The molecule has 0 saturated heterocycles. The number of alkyl halides is 3. The molecule has 0 aliphatic heterocycles. The third kappa shape index (κ3) is 8.52. The SMILES string of the molecule is Cc1nc(OCCCCOc2ccc(OCC=C(Cl)Cl)cc2C#N)cc(C(F)(F)F)n1. The highest BCUT2D eigenvalue weighted by Gasteiger charge is 2.33. The van der Waals surface area contributed by atoms with Gasteiger partial charge in [0.05, 0.1) is 18.8 Å². The predicted octanol–water partition coefficient (Wildman–Crippen LogP) is 5.61. The Morgan fingerprint density at radius 2 is 1.81 bits per heavy atom. The van der Waals surface area contributed by atoms with Crippen LogP contribution in [-0.4, -0.2) is 29.8 Å². The van der Waals surface area contributed by atoms with Crippen LogP contribution in [0.25, 0.3) is 0 Å². The smallest absolute Gasteiger partial charge is 0.433 e. The quantitative estimate of drug-likeness (QED) is 0.415. The second kappa shape index (κ2) is 11.6. The molecule has 11 heteroatoms. The van der Waals surface area contributed by atoms with Gasteiger partial charge in [-0.05, 0) is 38.0 Å². The van der Waals surface area contributed by atoms with Gasteiger partial charge in [-0.3, -0.25) is 0 Å². The van der Waals surface area contributed by atoms with Crippen LogP contribution in [0.4, 0.5) is 13.2 Å². The maximum Gasteiger partial charge on any atom is 0.433 e. The van der Waals surface area contributed by atoms with Crippen molar-refractivity contribution in [3.05, 3.63) is 51.9 Å². The van der Waals surface area contributed by atoms with Gasteiger partial charge in [0, 0.05) is 12.1 Å². The van der Waals surface area contributed by atoms with Crippen LogP contribution in [0.15, 0.2) is 34.8 Å². The molecule has 0 fully saturated rings. The van der Waals surface area contributed by atoms with Crippen LogP contribution in [0.5, 0.6) is 17.4 Å². The number of aryl methyl sites for hydroxylation is 1. The Balaban J connectivity index is 1.78. The summed E-state index contributed by atoms with van der Waals surface area (Å²) in [4.78, 5) is 7.20. The number of ether oxygens (including phenoxy) is 3. The average Bonchev–Trinajstić information content (AvgIpc) is 2.69. The lowest BCUT2D eigenvalue weighted by atomic mass is 10.2. The zero-order chi connectivity index (χ0) is 22.9. The van der Waals surface area contributed by atoms with E-state index in [0.717, 1.165) is 6.07 Å². The summed E-state index contributed by atoms with van der Waals surface area (Å²) in [6.07, 6.45) is -2.03. The number of benzene rings is 1. The van der Waals surface area contributed by atoms with E-state index in [-0.39, 0.29) is 29.4 Å². The molecule has 0 amide bonds. The number of nitriles is 1. The number of aromatic nitrogens is 2. The summed E-state index contributed by atoms with van der Waals surface area (Å²) in [5.41, 5.74) is -0.748. The maximum absolute atomic E-state index is 12.8. The molecule has 166 valence electrons. The Morgan fingerprint density at radius 1 is 1.10 bits per heavy atom. The number of hydrogen-bond donors (Lipinski definition) is 0. The fourth-order valence-electron chi connectivity index (χ4n) is 2.34. The summed E-state index contributed by atoms with van der Waals surface area (Å²) >= 11 is 11.0. The average molecular weight is 476 g/mol. The molecular weight excluding hydrogens is 458 g/mol. The van der Waals surface area contributed by atoms with Crippen molar-refractivity contribution in [3.8, 4) is 23.4 Å². The summed E-state index contributed by atoms with van der Waals surface area (Å²) in [6.45, 7) is 1.97. The zero-order valence-corrected chi connectivity index (χ0v) is 17.9. The Kier molecular flexibility index (Phi) is 9.21. The Hall–Kier alpha value is -2.70. The van der Waals surface area contributed by atoms with E-state index >= 15 is 0 Å². The highest BCUT2D eigenvalue weighted by atomic mass is 35.5. The number of nitrogens with zero attached hydrogens (tertiary/aromatic N) is 3. The lowest BCUT2D eigenvalue weighted by Gasteiger charge is -2.11. The Labute approximate surface area is 187 Å². The van der Waals surface area contributed by atoms with E-state index in [1.54, 1.807) is 12.1 Å². The van der Waals surface area contributed by atoms with Crippen molar-refractivity contribution in [3.63, 3.8) is 0 Å². The summed E-state index contributed by atoms with van der Waals surface area (Å²) in [5.74, 6) is 0.698. The summed E-state index contributed by atoms with van der Waals surface area (Å²) in [5, 5.41) is 9.27. The van der Waals surface area contributed by atoms with Crippen molar-refractivity contribution in [2.75, 3.05) is 19.8 Å². The van der Waals surface area contributed by atoms with Gasteiger partial charge in [-0.15, -0.1) is 0 Å². The highest BCUT2D eigenvalue weighted by Crippen LogP contribution is 2.29. The molecule has 0 saturated carbocycles. The monoisotopic (exact) mass is 475 g/mol. The van der Waals surface area contributed by atoms with Gasteiger partial charge in [-0.1, -0.05) is 23.2 Å². The Bertz CT molecular complexity index is 959. The molecule has 0 spiro atoms. The normalized spacial score (nSPS) is 10.9. The van der Waals surface area contributed by atoms with Crippen molar-refractivity contribution in [1.82, 2.24) is 9.97 Å². The number of halogens is 5. The molecule has 0 aliphatic carbocycles. The largest absolute Gasteiger partial charge is 0.492 e. The van der Waals surface area contributed by atoms with Crippen LogP contribution in [0, 0.1) is 18.3 Å². The highest BCUT2D eigenvalue weighted by molar-refractivity contribution is 6.55. The van der Waals surface area contributed by atoms with Gasteiger partial charge in [0.25, 0.3) is 0 Å². The molecule has 6 nitrogen and oxygen atoms in total. The molecule has 1 heterocycles. The molecule has 0 unspecified atom stereocenters. The van der Waals surface area contributed by atoms with Crippen molar-refractivity contribution in [2.24, 2.45) is 0 Å². The van der Waals surface area contributed by atoms with Crippen molar-refractivity contribution in [2.45, 2.75) is 25.9 Å². The maximum atomic E-state index is 12.8. The standard InChI is InChI=1S/C20H18Cl2F3N3O3/c1-13-27-17(20(23,24)25)11-19(28-13)31-8-3-2-7-30-16-5-4-15(10-14(16)12-26)29-9-6-18(21)22/h4-6,10-11H,2-3,7-9H2,1H3. The van der Waals surface area contributed by atoms with E-state index in [2.05, 4.69) is 9.97 Å². The first-order valence-electron chi connectivity index (χ1n) is 9.05. The van der Waals surface area contributed by atoms with Crippen LogP contribution in [-0.2, 0) is 6.18 Å². The molecule has 0 N–H and O–H groups in total. The fourth-order valence-corrected chi connectivity index (χ4v) is 2.46. The van der Waals surface area contributed by atoms with E-state index < -0.39 is 11.9 Å². The molecule has 1 aromatic heterocycles. The predicted molar refractivity (Wildman–Crippen MR) is 108 cm³/mol. The molecule has 0 atom stereocenters. The molecule has 2 rings (SSSR count). The minimum atomic E-state index is -4.56. The summed E-state index contributed by atoms with van der Waals surface area (Å²) in [6, 6.07) is 7.58. The minimum Gasteiger partial charge on any atom is -0.492 e. The number of rotatable bonds is 10. The first-order chi connectivity index (χ1) is 14.7. The van der Waals surface area contributed by atoms with Crippen molar-refractivity contribution >= 4 is 23.2 Å². The summed E-state index contributed by atoms with van der Waals surface area (Å²) < 4.78 is 54.7. The van der Waals surface area contributed by atoms with Gasteiger partial charge < -0.3 is 14.2 Å². The molecule has 31 heavy (non-hydrogen) atoms. The van der Waals surface area contributed by atoms with Crippen LogP contribution < -0.4 is 14.2 Å². The minimum absolute atomic E-state index is 0.0219. The Morgan fingerprint density at radius 3 is 2.45 bits per heavy atom. The molecular formula is C20H18Cl2F3N3O3. The molecule has 0 bridgehead atoms. The third-order valence-electron chi connectivity index (χ3n) is 3.71. The molecule has 2 aromatic rings. The number of unbranched alkanes of at least 4 members (excludes halogenated alkanes) is 1. The molecule has 0 radical (unpaired) electrons. The van der Waals surface area contributed by atoms with Crippen LogP contribution >= 0.6 is 23.2 Å². The van der Waals surface area contributed by atoms with Gasteiger partial charge in [0.1, 0.15) is 34.5 Å². The second-order valence-electron chi connectivity index (χ2n) is 6.11. The topological polar surface area (TPSA) is 77.3 Å². The summed E-state index contributed by atoms with van der Waals surface area (Å²) in [7, 11) is 0. The second-order valence-corrected chi connectivity index (χ2v) is 7.12. The van der Waals surface area contributed by atoms with Gasteiger partial charge in [-0.25, -0.2) is 4.98 Å². The lowest BCUT2D eigenvalue weighted by Crippen LogP contribution is -2.11. The van der Waals surface area contributed by atoms with Crippen LogP contribution in [0.1, 0.15) is 29.9 Å². The van der Waals surface area contributed by atoms with Gasteiger partial charge in [0.15, 0.2) is 5.69 Å². The third-order valence-corrected chi connectivity index (χ3v) is 4.02. The van der Waals surface area contributed by atoms with Gasteiger partial charge in [-0.2, -0.15) is 23.4 Å². The van der Waals surface area contributed by atoms with Crippen molar-refractivity contribution < 1.29 is 27.4 Å². The first kappa shape index (κ1) is 24.6. The van der Waals surface area contributed by atoms with E-state index in [1.807, 2.05) is 6.07 Å². The van der Waals surface area contributed by atoms with Gasteiger partial charge >= 0.3 is 6.18 Å². The molecule has 0 aliphatic rings. The zero-order valence-electron chi connectivity index (χ0n) is 16.4. The molecule has 1 aromatic carbocycles. The number of hydrogen-bond acceptors (Lipinski definition) is 6. The van der Waals surface area contributed by atoms with E-state index in [9.17, 15) is 18.4 Å². The first-order valence-corrected chi connectivity index (χ1v) is 9.81. The van der Waals surface area contributed by atoms with E-state index in [4.69, 9.17) is 37.4 Å². The van der Waals surface area contributed by atoms with E-state index in [0.29, 0.717) is 36.5 Å². The van der Waals surface area contributed by atoms with Crippen molar-refractivity contribution in [1.29, 1.82) is 5.26 Å². The fraction of sp³-hybridized carbons (Fsp3) is 0.350.